The van der Waals surface area contributed by atoms with Gasteiger partial charge in [0.2, 0.25) is 0 Å². The molecule has 0 saturated carbocycles. The maximum absolute atomic E-state index is 4.14. The normalized spacial score (nSPS) is 18.6. The van der Waals surface area contributed by atoms with E-state index in [1.54, 1.807) is 0 Å². The minimum atomic E-state index is 0.672. The van der Waals surface area contributed by atoms with Gasteiger partial charge in [0.05, 0.1) is 5.69 Å². The predicted molar refractivity (Wildman–Crippen MR) is 55.9 cm³/mol. The van der Waals surface area contributed by atoms with Gasteiger partial charge in [0.1, 0.15) is 0 Å². The zero-order valence-corrected chi connectivity index (χ0v) is 8.66. The van der Waals surface area contributed by atoms with Crippen molar-refractivity contribution in [1.82, 2.24) is 20.4 Å². The molecule has 4 heteroatoms. The van der Waals surface area contributed by atoms with Crippen molar-refractivity contribution < 1.29 is 0 Å². The van der Waals surface area contributed by atoms with E-state index in [0.717, 1.165) is 19.6 Å². The fourth-order valence-electron chi connectivity index (χ4n) is 1.85. The minimum absolute atomic E-state index is 0.672. The molecular formula is C10H18N4. The Morgan fingerprint density at radius 3 is 3.00 bits per heavy atom. The summed E-state index contributed by atoms with van der Waals surface area (Å²) in [7, 11) is 1.99. The number of piperidine rings is 1. The van der Waals surface area contributed by atoms with Crippen LogP contribution in [-0.4, -0.2) is 28.9 Å². The molecule has 2 heterocycles. The van der Waals surface area contributed by atoms with Gasteiger partial charge < -0.3 is 10.6 Å². The molecule has 2 rings (SSSR count). The van der Waals surface area contributed by atoms with Crippen molar-refractivity contribution in [2.75, 3.05) is 13.1 Å². The highest BCUT2D eigenvalue weighted by Crippen LogP contribution is 2.04. The first-order valence-electron chi connectivity index (χ1n) is 5.27. The van der Waals surface area contributed by atoms with E-state index >= 15 is 0 Å². The van der Waals surface area contributed by atoms with Crippen LogP contribution in [0.25, 0.3) is 0 Å². The van der Waals surface area contributed by atoms with Crippen LogP contribution in [0.1, 0.15) is 18.5 Å². The summed E-state index contributed by atoms with van der Waals surface area (Å²) in [5, 5.41) is 11.1. The topological polar surface area (TPSA) is 41.9 Å². The predicted octanol–water partition coefficient (Wildman–Crippen LogP) is 0.262. The van der Waals surface area contributed by atoms with Crippen LogP contribution in [0.2, 0.25) is 0 Å². The molecule has 0 unspecified atom stereocenters. The highest BCUT2D eigenvalue weighted by atomic mass is 15.3. The van der Waals surface area contributed by atoms with Gasteiger partial charge in [-0.05, 0) is 32.0 Å². The van der Waals surface area contributed by atoms with Crippen molar-refractivity contribution in [1.29, 1.82) is 0 Å². The van der Waals surface area contributed by atoms with Crippen molar-refractivity contribution in [3.8, 4) is 0 Å². The van der Waals surface area contributed by atoms with Crippen LogP contribution in [0, 0.1) is 0 Å². The van der Waals surface area contributed by atoms with E-state index in [-0.39, 0.29) is 0 Å². The molecule has 0 radical (unpaired) electrons. The molecule has 1 saturated heterocycles. The second-order valence-electron chi connectivity index (χ2n) is 3.85. The van der Waals surface area contributed by atoms with Crippen molar-refractivity contribution in [2.24, 2.45) is 7.05 Å². The Morgan fingerprint density at radius 1 is 1.57 bits per heavy atom. The number of nitrogens with zero attached hydrogens (tertiary/aromatic N) is 2. The molecule has 1 fully saturated rings. The molecule has 1 aromatic heterocycles. The first kappa shape index (κ1) is 9.68. The first-order valence-corrected chi connectivity index (χ1v) is 5.27. The number of hydrogen-bond donors (Lipinski definition) is 2. The second-order valence-corrected chi connectivity index (χ2v) is 3.85. The third-order valence-corrected chi connectivity index (χ3v) is 2.83. The summed E-state index contributed by atoms with van der Waals surface area (Å²) < 4.78 is 1.92. The molecule has 0 atom stereocenters. The highest BCUT2D eigenvalue weighted by Gasteiger charge is 2.12. The van der Waals surface area contributed by atoms with Gasteiger partial charge in [-0.2, -0.15) is 5.10 Å². The SMILES string of the molecule is Cn1nccc1CNC1CCNCC1. The van der Waals surface area contributed by atoms with E-state index in [1.165, 1.54) is 18.5 Å². The van der Waals surface area contributed by atoms with Crippen LogP contribution in [0.4, 0.5) is 0 Å². The van der Waals surface area contributed by atoms with Gasteiger partial charge in [0.15, 0.2) is 0 Å². The van der Waals surface area contributed by atoms with Gasteiger partial charge >= 0.3 is 0 Å². The van der Waals surface area contributed by atoms with Crippen LogP contribution in [-0.2, 0) is 13.6 Å². The first-order chi connectivity index (χ1) is 6.86. The van der Waals surface area contributed by atoms with Crippen LogP contribution in [0.5, 0.6) is 0 Å². The van der Waals surface area contributed by atoms with Gasteiger partial charge in [0, 0.05) is 25.8 Å². The lowest BCUT2D eigenvalue weighted by Gasteiger charge is -2.23. The maximum Gasteiger partial charge on any atom is 0.0518 e. The van der Waals surface area contributed by atoms with Crippen LogP contribution in [0.3, 0.4) is 0 Å². The largest absolute Gasteiger partial charge is 0.317 e. The summed E-state index contributed by atoms with van der Waals surface area (Å²) in [5.74, 6) is 0. The number of nitrogens with one attached hydrogen (secondary N) is 2. The Labute approximate surface area is 84.7 Å². The number of aryl methyl sites for hydroxylation is 1. The molecule has 1 aliphatic heterocycles. The van der Waals surface area contributed by atoms with Gasteiger partial charge in [-0.3, -0.25) is 4.68 Å². The summed E-state index contributed by atoms with van der Waals surface area (Å²) in [6.45, 7) is 3.22. The molecule has 78 valence electrons. The molecule has 4 nitrogen and oxygen atoms in total. The standard InChI is InChI=1S/C10H18N4/c1-14-10(4-7-13-14)8-12-9-2-5-11-6-3-9/h4,7,9,11-12H,2-3,5-6,8H2,1H3. The third-order valence-electron chi connectivity index (χ3n) is 2.83. The van der Waals surface area contributed by atoms with E-state index < -0.39 is 0 Å². The second kappa shape index (κ2) is 4.57. The zero-order chi connectivity index (χ0) is 9.80. The molecular weight excluding hydrogens is 176 g/mol. The van der Waals surface area contributed by atoms with Gasteiger partial charge in [-0.1, -0.05) is 0 Å². The molecule has 1 aliphatic rings. The van der Waals surface area contributed by atoms with E-state index in [4.69, 9.17) is 0 Å². The fraction of sp³-hybridized carbons (Fsp3) is 0.700. The fourth-order valence-corrected chi connectivity index (χ4v) is 1.85. The van der Waals surface area contributed by atoms with Gasteiger partial charge in [0.25, 0.3) is 0 Å². The lowest BCUT2D eigenvalue weighted by Crippen LogP contribution is -2.39. The van der Waals surface area contributed by atoms with Crippen molar-refractivity contribution in [2.45, 2.75) is 25.4 Å². The van der Waals surface area contributed by atoms with Crippen molar-refractivity contribution in [3.05, 3.63) is 18.0 Å². The highest BCUT2D eigenvalue weighted by molar-refractivity contribution is 4.99. The summed E-state index contributed by atoms with van der Waals surface area (Å²) in [4.78, 5) is 0. The van der Waals surface area contributed by atoms with Crippen LogP contribution < -0.4 is 10.6 Å². The molecule has 0 bridgehead atoms. The lowest BCUT2D eigenvalue weighted by molar-refractivity contribution is 0.382. The molecule has 0 aliphatic carbocycles. The molecule has 0 amide bonds. The molecule has 14 heavy (non-hydrogen) atoms. The third kappa shape index (κ3) is 2.33. The summed E-state index contributed by atoms with van der Waals surface area (Å²) in [6.07, 6.45) is 4.31. The molecule has 0 aromatic carbocycles. The van der Waals surface area contributed by atoms with E-state index in [1.807, 2.05) is 17.9 Å². The Morgan fingerprint density at radius 2 is 2.36 bits per heavy atom. The number of rotatable bonds is 3. The van der Waals surface area contributed by atoms with Crippen molar-refractivity contribution >= 4 is 0 Å². The van der Waals surface area contributed by atoms with Crippen LogP contribution >= 0.6 is 0 Å². The van der Waals surface area contributed by atoms with Crippen LogP contribution in [0.15, 0.2) is 12.3 Å². The molecule has 0 spiro atoms. The van der Waals surface area contributed by atoms with Gasteiger partial charge in [-0.15, -0.1) is 0 Å². The van der Waals surface area contributed by atoms with E-state index in [2.05, 4.69) is 21.8 Å². The average Bonchev–Trinajstić information content (AvgIpc) is 2.63. The summed E-state index contributed by atoms with van der Waals surface area (Å²) >= 11 is 0. The molecule has 1 aromatic rings. The van der Waals surface area contributed by atoms with E-state index in [9.17, 15) is 0 Å². The Balaban J connectivity index is 1.79. The van der Waals surface area contributed by atoms with Gasteiger partial charge in [-0.25, -0.2) is 0 Å². The van der Waals surface area contributed by atoms with Crippen molar-refractivity contribution in [3.63, 3.8) is 0 Å². The Kier molecular flexibility index (Phi) is 3.16. The average molecular weight is 194 g/mol. The minimum Gasteiger partial charge on any atom is -0.317 e. The Hall–Kier alpha value is -0.870. The molecule has 2 N–H and O–H groups in total. The number of hydrogen-bond acceptors (Lipinski definition) is 3. The zero-order valence-electron chi connectivity index (χ0n) is 8.66. The Bertz CT molecular complexity index is 275. The van der Waals surface area contributed by atoms with E-state index in [0.29, 0.717) is 6.04 Å². The maximum atomic E-state index is 4.14. The summed E-state index contributed by atoms with van der Waals surface area (Å²) in [6, 6.07) is 2.74. The monoisotopic (exact) mass is 194 g/mol. The smallest absolute Gasteiger partial charge is 0.0518 e. The lowest BCUT2D eigenvalue weighted by atomic mass is 10.1. The number of aromatic nitrogens is 2. The quantitative estimate of drug-likeness (QED) is 0.725. The summed E-state index contributed by atoms with van der Waals surface area (Å²) in [5.41, 5.74) is 1.25.